The number of nitrogens with zero attached hydrogens (tertiary/aromatic N) is 1. The molecule has 0 aromatic heterocycles. The summed E-state index contributed by atoms with van der Waals surface area (Å²) < 4.78 is 50.6. The van der Waals surface area contributed by atoms with E-state index in [1.807, 2.05) is 20.8 Å². The van der Waals surface area contributed by atoms with Crippen LogP contribution in [0.2, 0.25) is 0 Å². The Balaban J connectivity index is 1.92. The minimum absolute atomic E-state index is 0.0306. The van der Waals surface area contributed by atoms with Gasteiger partial charge in [0.05, 0.1) is 30.9 Å². The highest BCUT2D eigenvalue weighted by Crippen LogP contribution is 2.44. The molecule has 1 unspecified atom stereocenters. The number of Topliss-reactive ketones (excluding diaryl/α,β-unsaturated/α-hetero) is 1. The quantitative estimate of drug-likeness (QED) is 0.202. The lowest BCUT2D eigenvalue weighted by atomic mass is 9.93. The molecule has 3 aromatic rings. The predicted molar refractivity (Wildman–Crippen MR) is 141 cm³/mol. The van der Waals surface area contributed by atoms with E-state index in [4.69, 9.17) is 9.47 Å². The molecular formula is C30H28F3NO5. The molecule has 1 fully saturated rings. The van der Waals surface area contributed by atoms with Crippen molar-refractivity contribution in [3.63, 3.8) is 0 Å². The first-order valence-corrected chi connectivity index (χ1v) is 12.4. The molecular weight excluding hydrogens is 511 g/mol. The van der Waals surface area contributed by atoms with E-state index in [2.05, 4.69) is 0 Å². The number of ether oxygens (including phenoxy) is 2. The maximum absolute atomic E-state index is 13.4. The van der Waals surface area contributed by atoms with Crippen molar-refractivity contribution >= 4 is 23.1 Å². The van der Waals surface area contributed by atoms with Gasteiger partial charge in [0.2, 0.25) is 0 Å². The fourth-order valence-corrected chi connectivity index (χ4v) is 4.63. The van der Waals surface area contributed by atoms with Gasteiger partial charge in [-0.2, -0.15) is 13.2 Å². The lowest BCUT2D eigenvalue weighted by Gasteiger charge is -2.26. The van der Waals surface area contributed by atoms with E-state index < -0.39 is 35.2 Å². The van der Waals surface area contributed by atoms with Gasteiger partial charge in [-0.15, -0.1) is 0 Å². The molecule has 0 radical (unpaired) electrons. The van der Waals surface area contributed by atoms with Crippen LogP contribution in [-0.4, -0.2) is 30.5 Å². The second-order valence-corrected chi connectivity index (χ2v) is 9.33. The number of carbonyl (C=O) groups excluding carboxylic acids is 2. The highest BCUT2D eigenvalue weighted by molar-refractivity contribution is 6.51. The Morgan fingerprint density at radius 3 is 2.31 bits per heavy atom. The van der Waals surface area contributed by atoms with Crippen LogP contribution in [0.15, 0.2) is 72.3 Å². The SMILES string of the molecule is CCOc1ccc(/C(O)=C2/C(=O)C(=O)N(c3ccc(C(F)(F)F)cc3)C2c2cccc(OC)c2)cc1C(C)C. The maximum Gasteiger partial charge on any atom is 0.416 e. The molecule has 204 valence electrons. The van der Waals surface area contributed by atoms with Gasteiger partial charge in [-0.1, -0.05) is 26.0 Å². The van der Waals surface area contributed by atoms with Crippen molar-refractivity contribution in [3.05, 3.63) is 94.6 Å². The van der Waals surface area contributed by atoms with Crippen LogP contribution in [0.5, 0.6) is 11.5 Å². The van der Waals surface area contributed by atoms with Crippen molar-refractivity contribution in [3.8, 4) is 11.5 Å². The zero-order valence-corrected chi connectivity index (χ0v) is 21.9. The number of hydrogen-bond donors (Lipinski definition) is 1. The van der Waals surface area contributed by atoms with Crippen LogP contribution in [-0.2, 0) is 15.8 Å². The van der Waals surface area contributed by atoms with Gasteiger partial charge in [-0.25, -0.2) is 0 Å². The number of aliphatic hydroxyl groups excluding tert-OH is 1. The minimum atomic E-state index is -4.57. The molecule has 0 aliphatic carbocycles. The van der Waals surface area contributed by atoms with Crippen LogP contribution >= 0.6 is 0 Å². The van der Waals surface area contributed by atoms with Gasteiger partial charge in [0, 0.05) is 11.3 Å². The molecule has 1 atom stereocenters. The number of rotatable bonds is 7. The summed E-state index contributed by atoms with van der Waals surface area (Å²) in [5.41, 5.74) is 0.538. The zero-order chi connectivity index (χ0) is 28.5. The topological polar surface area (TPSA) is 76.1 Å². The second-order valence-electron chi connectivity index (χ2n) is 9.33. The lowest BCUT2D eigenvalue weighted by molar-refractivity contribution is -0.137. The third-order valence-corrected chi connectivity index (χ3v) is 6.53. The summed E-state index contributed by atoms with van der Waals surface area (Å²) in [5, 5.41) is 11.5. The van der Waals surface area contributed by atoms with Gasteiger partial charge in [-0.3, -0.25) is 14.5 Å². The summed E-state index contributed by atoms with van der Waals surface area (Å²) in [7, 11) is 1.46. The van der Waals surface area contributed by atoms with Crippen LogP contribution in [0.3, 0.4) is 0 Å². The summed E-state index contributed by atoms with van der Waals surface area (Å²) in [4.78, 5) is 27.9. The molecule has 39 heavy (non-hydrogen) atoms. The fourth-order valence-electron chi connectivity index (χ4n) is 4.63. The third-order valence-electron chi connectivity index (χ3n) is 6.53. The highest BCUT2D eigenvalue weighted by atomic mass is 19.4. The second kappa shape index (κ2) is 10.8. The number of aliphatic hydroxyl groups is 1. The van der Waals surface area contributed by atoms with Crippen molar-refractivity contribution < 1.29 is 37.3 Å². The number of anilines is 1. The number of methoxy groups -OCH3 is 1. The average molecular weight is 540 g/mol. The number of amides is 1. The fraction of sp³-hybridized carbons (Fsp3) is 0.267. The Kier molecular flexibility index (Phi) is 7.72. The van der Waals surface area contributed by atoms with E-state index in [0.29, 0.717) is 29.2 Å². The normalized spacial score (nSPS) is 17.1. The summed E-state index contributed by atoms with van der Waals surface area (Å²) in [6.45, 7) is 6.22. The first-order chi connectivity index (χ1) is 18.5. The largest absolute Gasteiger partial charge is 0.507 e. The van der Waals surface area contributed by atoms with E-state index in [-0.39, 0.29) is 17.2 Å². The number of halogens is 3. The van der Waals surface area contributed by atoms with Crippen LogP contribution in [0.25, 0.3) is 5.76 Å². The number of carbonyl (C=O) groups is 2. The van der Waals surface area contributed by atoms with Crippen LogP contribution in [0, 0.1) is 0 Å². The molecule has 1 aliphatic rings. The molecule has 9 heteroatoms. The highest BCUT2D eigenvalue weighted by Gasteiger charge is 2.47. The molecule has 1 heterocycles. The van der Waals surface area contributed by atoms with Crippen molar-refractivity contribution in [1.29, 1.82) is 0 Å². The van der Waals surface area contributed by atoms with Crippen molar-refractivity contribution in [1.82, 2.24) is 0 Å². The Labute approximate surface area is 224 Å². The van der Waals surface area contributed by atoms with E-state index in [1.165, 1.54) is 7.11 Å². The molecule has 0 saturated carbocycles. The van der Waals surface area contributed by atoms with E-state index in [9.17, 15) is 27.9 Å². The Morgan fingerprint density at radius 1 is 1.03 bits per heavy atom. The zero-order valence-electron chi connectivity index (χ0n) is 21.9. The van der Waals surface area contributed by atoms with E-state index >= 15 is 0 Å². The Hall–Kier alpha value is -4.27. The van der Waals surface area contributed by atoms with E-state index in [1.54, 1.807) is 42.5 Å². The summed E-state index contributed by atoms with van der Waals surface area (Å²) in [6, 6.07) is 14.4. The number of alkyl halides is 3. The number of benzene rings is 3. The smallest absolute Gasteiger partial charge is 0.416 e. The van der Waals surface area contributed by atoms with Crippen molar-refractivity contribution in [2.45, 2.75) is 38.9 Å². The molecule has 1 aliphatic heterocycles. The van der Waals surface area contributed by atoms with Crippen LogP contribution in [0.1, 0.15) is 55.0 Å². The van der Waals surface area contributed by atoms with Gasteiger partial charge in [0.1, 0.15) is 17.3 Å². The lowest BCUT2D eigenvalue weighted by Crippen LogP contribution is -2.29. The minimum Gasteiger partial charge on any atom is -0.507 e. The number of ketones is 1. The summed E-state index contributed by atoms with van der Waals surface area (Å²) in [5.74, 6) is -1.23. The van der Waals surface area contributed by atoms with Crippen molar-refractivity contribution in [2.75, 3.05) is 18.6 Å². The Morgan fingerprint density at radius 2 is 1.72 bits per heavy atom. The van der Waals surface area contributed by atoms with Gasteiger partial charge in [-0.05, 0) is 78.6 Å². The maximum atomic E-state index is 13.4. The summed E-state index contributed by atoms with van der Waals surface area (Å²) >= 11 is 0. The standard InChI is InChI=1S/C30H28F3NO5/c1-5-39-24-14-9-19(16-23(24)17(2)3)27(35)25-26(18-7-6-8-22(15-18)38-4)34(29(37)28(25)36)21-12-10-20(11-13-21)30(31,32)33/h6-17,26,35H,5H2,1-4H3/b27-25-. The predicted octanol–water partition coefficient (Wildman–Crippen LogP) is 6.86. The van der Waals surface area contributed by atoms with Gasteiger partial charge in [0.15, 0.2) is 0 Å². The molecule has 1 saturated heterocycles. The average Bonchev–Trinajstić information content (AvgIpc) is 3.18. The monoisotopic (exact) mass is 539 g/mol. The molecule has 1 amide bonds. The van der Waals surface area contributed by atoms with Gasteiger partial charge < -0.3 is 14.6 Å². The Bertz CT molecular complexity index is 1430. The molecule has 0 spiro atoms. The van der Waals surface area contributed by atoms with Crippen LogP contribution in [0.4, 0.5) is 18.9 Å². The van der Waals surface area contributed by atoms with Crippen LogP contribution < -0.4 is 14.4 Å². The summed E-state index contributed by atoms with van der Waals surface area (Å²) in [6.07, 6.45) is -4.57. The molecule has 6 nitrogen and oxygen atoms in total. The molecule has 1 N–H and O–H groups in total. The first-order valence-electron chi connectivity index (χ1n) is 12.4. The number of hydrogen-bond acceptors (Lipinski definition) is 5. The molecule has 0 bridgehead atoms. The van der Waals surface area contributed by atoms with Crippen molar-refractivity contribution in [2.24, 2.45) is 0 Å². The molecule has 4 rings (SSSR count). The van der Waals surface area contributed by atoms with E-state index in [0.717, 1.165) is 34.7 Å². The van der Waals surface area contributed by atoms with Gasteiger partial charge >= 0.3 is 6.18 Å². The first kappa shape index (κ1) is 27.8. The van der Waals surface area contributed by atoms with Gasteiger partial charge in [0.25, 0.3) is 11.7 Å². The third kappa shape index (κ3) is 5.34. The molecule has 3 aromatic carbocycles.